The van der Waals surface area contributed by atoms with E-state index in [0.29, 0.717) is 17.2 Å². The van der Waals surface area contributed by atoms with E-state index in [0.717, 1.165) is 5.56 Å². The summed E-state index contributed by atoms with van der Waals surface area (Å²) in [5.74, 6) is 0.831. The van der Waals surface area contributed by atoms with Crippen LogP contribution in [-0.2, 0) is 17.4 Å². The third-order valence-corrected chi connectivity index (χ3v) is 4.19. The molecule has 0 spiro atoms. The van der Waals surface area contributed by atoms with Gasteiger partial charge in [-0.2, -0.15) is 5.10 Å². The highest BCUT2D eigenvalue weighted by atomic mass is 16.5. The molecule has 6 heteroatoms. The van der Waals surface area contributed by atoms with Crippen molar-refractivity contribution < 1.29 is 14.6 Å². The maximum Gasteiger partial charge on any atom is 0.258 e. The lowest BCUT2D eigenvalue weighted by molar-refractivity contribution is -0.124. The largest absolute Gasteiger partial charge is 0.484 e. The summed E-state index contributed by atoms with van der Waals surface area (Å²) in [6.45, 7) is 7.96. The maximum atomic E-state index is 12.0. The van der Waals surface area contributed by atoms with E-state index in [9.17, 15) is 9.90 Å². The van der Waals surface area contributed by atoms with Crippen molar-refractivity contribution in [1.29, 1.82) is 0 Å². The number of ether oxygens (including phenoxy) is 1. The highest BCUT2D eigenvalue weighted by Gasteiger charge is 2.25. The Hall–Kier alpha value is -2.34. The average Bonchev–Trinajstić information content (AvgIpc) is 2.98. The van der Waals surface area contributed by atoms with Crippen LogP contribution in [0.4, 0.5) is 0 Å². The van der Waals surface area contributed by atoms with Gasteiger partial charge in [-0.15, -0.1) is 0 Å². The normalized spacial score (nSPS) is 13.6. The van der Waals surface area contributed by atoms with E-state index in [-0.39, 0.29) is 19.1 Å². The first kappa shape index (κ1) is 19.0. The molecular weight excluding hydrogens is 318 g/mol. The molecule has 2 aromatic rings. The van der Waals surface area contributed by atoms with Gasteiger partial charge in [0.2, 0.25) is 0 Å². The van der Waals surface area contributed by atoms with Gasteiger partial charge in [0.1, 0.15) is 11.4 Å². The Morgan fingerprint density at radius 3 is 2.72 bits per heavy atom. The zero-order valence-corrected chi connectivity index (χ0v) is 15.5. The van der Waals surface area contributed by atoms with Gasteiger partial charge in [-0.3, -0.25) is 9.48 Å². The quantitative estimate of drug-likeness (QED) is 0.807. The number of hydrogen-bond donors (Lipinski definition) is 2. The van der Waals surface area contributed by atoms with Gasteiger partial charge in [0.05, 0.1) is 12.7 Å². The van der Waals surface area contributed by atoms with Crippen molar-refractivity contribution in [2.24, 2.45) is 7.05 Å². The molecule has 1 heterocycles. The van der Waals surface area contributed by atoms with Crippen molar-refractivity contribution in [3.63, 3.8) is 0 Å². The van der Waals surface area contributed by atoms with Crippen LogP contribution >= 0.6 is 0 Å². The zero-order chi connectivity index (χ0) is 18.6. The molecule has 136 valence electrons. The maximum absolute atomic E-state index is 12.0. The highest BCUT2D eigenvalue weighted by molar-refractivity contribution is 5.77. The Morgan fingerprint density at radius 1 is 1.44 bits per heavy atom. The van der Waals surface area contributed by atoms with Crippen molar-refractivity contribution in [2.45, 2.75) is 39.2 Å². The number of aliphatic hydroxyl groups is 1. The van der Waals surface area contributed by atoms with Gasteiger partial charge in [0.25, 0.3) is 5.91 Å². The molecule has 0 radical (unpaired) electrons. The summed E-state index contributed by atoms with van der Waals surface area (Å²) in [6.07, 6.45) is 3.31. The molecule has 1 unspecified atom stereocenters. The van der Waals surface area contributed by atoms with Crippen LogP contribution in [0.5, 0.6) is 5.75 Å². The lowest BCUT2D eigenvalue weighted by Crippen LogP contribution is -2.40. The summed E-state index contributed by atoms with van der Waals surface area (Å²) in [5.41, 5.74) is 1.88. The van der Waals surface area contributed by atoms with Crippen LogP contribution in [-0.4, -0.2) is 33.9 Å². The summed E-state index contributed by atoms with van der Waals surface area (Å²) in [6, 6.07) is 5.84. The molecule has 0 saturated carbocycles. The Morgan fingerprint density at radius 2 is 2.16 bits per heavy atom. The van der Waals surface area contributed by atoms with E-state index in [1.54, 1.807) is 31.0 Å². The number of aryl methyl sites for hydroxylation is 2. The number of carbonyl (C=O) groups excluding carboxylic acids is 1. The molecule has 1 atom stereocenters. The summed E-state index contributed by atoms with van der Waals surface area (Å²) in [5, 5.41) is 17.2. The lowest BCUT2D eigenvalue weighted by atomic mass is 9.98. The third-order valence-electron chi connectivity index (χ3n) is 4.19. The van der Waals surface area contributed by atoms with E-state index < -0.39 is 5.60 Å². The van der Waals surface area contributed by atoms with E-state index in [2.05, 4.69) is 24.3 Å². The van der Waals surface area contributed by atoms with Gasteiger partial charge in [-0.1, -0.05) is 19.9 Å². The lowest BCUT2D eigenvalue weighted by Gasteiger charge is -2.22. The molecule has 0 aliphatic heterocycles. The van der Waals surface area contributed by atoms with Crippen molar-refractivity contribution in [2.75, 3.05) is 13.2 Å². The number of nitrogens with zero attached hydrogens (tertiary/aromatic N) is 2. The predicted molar refractivity (Wildman–Crippen MR) is 96.6 cm³/mol. The molecule has 1 amide bonds. The number of hydrogen-bond acceptors (Lipinski definition) is 4. The van der Waals surface area contributed by atoms with Crippen molar-refractivity contribution in [3.05, 3.63) is 47.3 Å². The minimum Gasteiger partial charge on any atom is -0.484 e. The molecule has 0 saturated heterocycles. The highest BCUT2D eigenvalue weighted by Crippen LogP contribution is 2.23. The number of nitrogens with one attached hydrogen (secondary N) is 1. The summed E-state index contributed by atoms with van der Waals surface area (Å²) < 4.78 is 7.16. The Labute approximate surface area is 148 Å². The SMILES string of the molecule is Cc1cc(OCC(=O)NCC(C)(O)c2cnn(C)c2)ccc1C(C)C. The summed E-state index contributed by atoms with van der Waals surface area (Å²) in [4.78, 5) is 12.0. The second kappa shape index (κ2) is 7.70. The van der Waals surface area contributed by atoms with Gasteiger partial charge < -0.3 is 15.2 Å². The fourth-order valence-electron chi connectivity index (χ4n) is 2.66. The van der Waals surface area contributed by atoms with Gasteiger partial charge in [0.15, 0.2) is 6.61 Å². The standard InChI is InChI=1S/C19H27N3O3/c1-13(2)17-7-6-16(8-14(17)3)25-11-18(23)20-12-19(4,24)15-9-21-22(5)10-15/h6-10,13,24H,11-12H2,1-5H3,(H,20,23). The fraction of sp³-hybridized carbons (Fsp3) is 0.474. The topological polar surface area (TPSA) is 76.4 Å². The van der Waals surface area contributed by atoms with Crippen LogP contribution in [0.25, 0.3) is 0 Å². The fourth-order valence-corrected chi connectivity index (χ4v) is 2.66. The zero-order valence-electron chi connectivity index (χ0n) is 15.5. The Bertz CT molecular complexity index is 735. The van der Waals surface area contributed by atoms with Crippen molar-refractivity contribution in [1.82, 2.24) is 15.1 Å². The molecule has 25 heavy (non-hydrogen) atoms. The molecule has 6 nitrogen and oxygen atoms in total. The first-order valence-corrected chi connectivity index (χ1v) is 8.40. The second-order valence-corrected chi connectivity index (χ2v) is 6.92. The Kier molecular flexibility index (Phi) is 5.85. The van der Waals surface area contributed by atoms with Crippen molar-refractivity contribution in [3.8, 4) is 5.75 Å². The van der Waals surface area contributed by atoms with Crippen molar-refractivity contribution >= 4 is 5.91 Å². The number of benzene rings is 1. The molecule has 0 aliphatic carbocycles. The van der Waals surface area contributed by atoms with Crippen LogP contribution in [0.2, 0.25) is 0 Å². The number of rotatable bonds is 7. The first-order valence-electron chi connectivity index (χ1n) is 8.40. The van der Waals surface area contributed by atoms with Crippen LogP contribution < -0.4 is 10.1 Å². The van der Waals surface area contributed by atoms with Gasteiger partial charge in [-0.05, 0) is 43.0 Å². The molecule has 2 N–H and O–H groups in total. The van der Waals surface area contributed by atoms with E-state index in [4.69, 9.17) is 4.74 Å². The van der Waals surface area contributed by atoms with E-state index in [1.807, 2.05) is 25.1 Å². The van der Waals surface area contributed by atoms with Gasteiger partial charge in [0, 0.05) is 18.8 Å². The minimum absolute atomic E-state index is 0.0895. The molecule has 0 fully saturated rings. The second-order valence-electron chi connectivity index (χ2n) is 6.92. The average molecular weight is 345 g/mol. The van der Waals surface area contributed by atoms with Crippen LogP contribution in [0.15, 0.2) is 30.6 Å². The smallest absolute Gasteiger partial charge is 0.258 e. The van der Waals surface area contributed by atoms with Gasteiger partial charge in [-0.25, -0.2) is 0 Å². The molecular formula is C19H27N3O3. The molecule has 0 bridgehead atoms. The van der Waals surface area contributed by atoms with E-state index >= 15 is 0 Å². The number of amides is 1. The number of aromatic nitrogens is 2. The van der Waals surface area contributed by atoms with Crippen LogP contribution in [0.3, 0.4) is 0 Å². The van der Waals surface area contributed by atoms with Crippen LogP contribution in [0.1, 0.15) is 43.4 Å². The first-order chi connectivity index (χ1) is 11.7. The Balaban J connectivity index is 1.85. The molecule has 1 aromatic carbocycles. The van der Waals surface area contributed by atoms with Gasteiger partial charge >= 0.3 is 0 Å². The van der Waals surface area contributed by atoms with E-state index in [1.165, 1.54) is 5.56 Å². The summed E-state index contributed by atoms with van der Waals surface area (Å²) in [7, 11) is 1.78. The summed E-state index contributed by atoms with van der Waals surface area (Å²) >= 11 is 0. The number of carbonyl (C=O) groups is 1. The molecule has 1 aromatic heterocycles. The monoisotopic (exact) mass is 345 g/mol. The third kappa shape index (κ3) is 5.06. The predicted octanol–water partition coefficient (Wildman–Crippen LogP) is 2.25. The molecule has 0 aliphatic rings. The van der Waals surface area contributed by atoms with Crippen LogP contribution in [0, 0.1) is 6.92 Å². The minimum atomic E-state index is -1.18. The molecule has 2 rings (SSSR count).